The SMILES string of the molecule is COc1ccc(C2CC(c3cc(CO)c(CO)c(CO)c3)=NO2)cc1OCCCCCCCOc1ccc(C2NC(=O)c3cc(Cl)ccc3N2)cc1CO. The van der Waals surface area contributed by atoms with Crippen molar-refractivity contribution in [3.05, 3.63) is 116 Å². The van der Waals surface area contributed by atoms with Crippen LogP contribution < -0.4 is 24.8 Å². The van der Waals surface area contributed by atoms with Crippen LogP contribution in [0.1, 0.15) is 100 Å². The van der Waals surface area contributed by atoms with Crippen LogP contribution in [0.5, 0.6) is 17.2 Å². The van der Waals surface area contributed by atoms with E-state index in [0.717, 1.165) is 48.8 Å². The van der Waals surface area contributed by atoms with E-state index in [4.69, 9.17) is 30.6 Å². The van der Waals surface area contributed by atoms with Gasteiger partial charge >= 0.3 is 0 Å². The van der Waals surface area contributed by atoms with Crippen molar-refractivity contribution in [2.24, 2.45) is 5.16 Å². The van der Waals surface area contributed by atoms with Crippen molar-refractivity contribution in [1.29, 1.82) is 0 Å². The number of ether oxygens (including phenoxy) is 3. The highest BCUT2D eigenvalue weighted by atomic mass is 35.5. The van der Waals surface area contributed by atoms with Gasteiger partial charge in [-0.25, -0.2) is 0 Å². The lowest BCUT2D eigenvalue weighted by Crippen LogP contribution is -2.38. The Morgan fingerprint density at radius 2 is 1.41 bits per heavy atom. The molecule has 0 aliphatic carbocycles. The molecule has 0 fully saturated rings. The van der Waals surface area contributed by atoms with Gasteiger partial charge in [0.2, 0.25) is 0 Å². The summed E-state index contributed by atoms with van der Waals surface area (Å²) in [6.45, 7) is 0.0538. The summed E-state index contributed by atoms with van der Waals surface area (Å²) in [7, 11) is 1.60. The zero-order valence-electron chi connectivity index (χ0n) is 30.1. The predicted octanol–water partition coefficient (Wildman–Crippen LogP) is 6.45. The fraction of sp³-hybridized carbons (Fsp3) is 0.366. The number of methoxy groups -OCH3 is 1. The Labute approximate surface area is 319 Å². The van der Waals surface area contributed by atoms with Crippen LogP contribution in [0.2, 0.25) is 5.02 Å². The van der Waals surface area contributed by atoms with Gasteiger partial charge in [0.05, 0.1) is 58.0 Å². The minimum absolute atomic E-state index is 0.189. The number of amides is 1. The van der Waals surface area contributed by atoms with Crippen molar-refractivity contribution >= 4 is 28.9 Å². The molecule has 0 saturated heterocycles. The molecule has 4 aromatic carbocycles. The third kappa shape index (κ3) is 9.08. The number of halogens is 1. The molecule has 6 N–H and O–H groups in total. The first-order valence-corrected chi connectivity index (χ1v) is 18.5. The molecule has 0 radical (unpaired) electrons. The summed E-state index contributed by atoms with van der Waals surface area (Å²) in [5.74, 6) is 1.65. The molecule has 54 heavy (non-hydrogen) atoms. The second kappa shape index (κ2) is 18.5. The molecule has 0 saturated carbocycles. The Bertz CT molecular complexity index is 1950. The summed E-state index contributed by atoms with van der Waals surface area (Å²) >= 11 is 6.05. The molecule has 2 atom stereocenters. The molecule has 1 amide bonds. The van der Waals surface area contributed by atoms with Gasteiger partial charge in [-0.05, 0) is 95.3 Å². The Morgan fingerprint density at radius 3 is 2.09 bits per heavy atom. The lowest BCUT2D eigenvalue weighted by molar-refractivity contribution is 0.0854. The number of nitrogens with zero attached hydrogens (tertiary/aromatic N) is 1. The first-order chi connectivity index (χ1) is 26.3. The number of anilines is 1. The molecular formula is C41H46ClN3O9. The Morgan fingerprint density at radius 1 is 0.741 bits per heavy atom. The molecule has 0 bridgehead atoms. The smallest absolute Gasteiger partial charge is 0.255 e. The molecule has 2 unspecified atom stereocenters. The molecule has 2 aliphatic rings. The third-order valence-corrected chi connectivity index (χ3v) is 9.92. The maximum atomic E-state index is 12.6. The number of aliphatic hydroxyl groups is 4. The van der Waals surface area contributed by atoms with Crippen LogP contribution in [0.3, 0.4) is 0 Å². The zero-order chi connectivity index (χ0) is 38.0. The van der Waals surface area contributed by atoms with E-state index in [1.165, 1.54) is 0 Å². The number of carbonyl (C=O) groups excluding carboxylic acids is 1. The van der Waals surface area contributed by atoms with Crippen LogP contribution in [-0.4, -0.2) is 52.4 Å². The van der Waals surface area contributed by atoms with Crippen molar-refractivity contribution < 1.29 is 44.3 Å². The van der Waals surface area contributed by atoms with E-state index in [1.807, 2.05) is 36.4 Å². The van der Waals surface area contributed by atoms with E-state index in [1.54, 1.807) is 37.4 Å². The molecule has 6 rings (SSSR count). The number of oxime groups is 1. The van der Waals surface area contributed by atoms with E-state index >= 15 is 0 Å². The molecule has 2 heterocycles. The number of benzene rings is 4. The van der Waals surface area contributed by atoms with Gasteiger partial charge in [-0.3, -0.25) is 4.79 Å². The van der Waals surface area contributed by atoms with Crippen LogP contribution >= 0.6 is 11.6 Å². The summed E-state index contributed by atoms with van der Waals surface area (Å²) in [4.78, 5) is 18.4. The van der Waals surface area contributed by atoms with Crippen molar-refractivity contribution in [3.8, 4) is 17.2 Å². The lowest BCUT2D eigenvalue weighted by Gasteiger charge is -2.28. The summed E-state index contributed by atoms with van der Waals surface area (Å²) in [5.41, 5.74) is 6.55. The van der Waals surface area contributed by atoms with E-state index in [0.29, 0.717) is 81.1 Å². The number of unbranched alkanes of at least 4 members (excludes halogenated alkanes) is 4. The van der Waals surface area contributed by atoms with Crippen molar-refractivity contribution in [3.63, 3.8) is 0 Å². The van der Waals surface area contributed by atoms with Gasteiger partial charge in [0.25, 0.3) is 5.91 Å². The van der Waals surface area contributed by atoms with Crippen molar-refractivity contribution in [1.82, 2.24) is 5.32 Å². The van der Waals surface area contributed by atoms with Crippen LogP contribution in [0, 0.1) is 0 Å². The van der Waals surface area contributed by atoms with Crippen LogP contribution in [-0.2, 0) is 31.3 Å². The summed E-state index contributed by atoms with van der Waals surface area (Å²) < 4.78 is 17.7. The first-order valence-electron chi connectivity index (χ1n) is 18.1. The molecule has 0 spiro atoms. The average Bonchev–Trinajstić information content (AvgIpc) is 3.70. The number of nitrogens with one attached hydrogen (secondary N) is 2. The summed E-state index contributed by atoms with van der Waals surface area (Å²) in [6, 6.07) is 19.9. The largest absolute Gasteiger partial charge is 0.493 e. The Balaban J connectivity index is 0.924. The van der Waals surface area contributed by atoms with E-state index < -0.39 is 6.17 Å². The van der Waals surface area contributed by atoms with Crippen LogP contribution in [0.15, 0.2) is 71.9 Å². The van der Waals surface area contributed by atoms with Gasteiger partial charge in [-0.1, -0.05) is 48.2 Å². The number of rotatable bonds is 18. The van der Waals surface area contributed by atoms with E-state index in [-0.39, 0.29) is 38.4 Å². The molecular weight excluding hydrogens is 714 g/mol. The summed E-state index contributed by atoms with van der Waals surface area (Å²) in [5, 5.41) is 50.4. The monoisotopic (exact) mass is 759 g/mol. The van der Waals surface area contributed by atoms with Gasteiger partial charge < -0.3 is 50.1 Å². The van der Waals surface area contributed by atoms with Crippen LogP contribution in [0.25, 0.3) is 0 Å². The Kier molecular flexibility index (Phi) is 13.3. The second-order valence-electron chi connectivity index (χ2n) is 13.2. The number of aliphatic hydroxyl groups excluding tert-OH is 4. The average molecular weight is 760 g/mol. The molecule has 13 heteroatoms. The van der Waals surface area contributed by atoms with Crippen molar-refractivity contribution in [2.75, 3.05) is 25.6 Å². The zero-order valence-corrected chi connectivity index (χ0v) is 30.9. The molecule has 4 aromatic rings. The molecule has 12 nitrogen and oxygen atoms in total. The number of hydrogen-bond acceptors (Lipinski definition) is 11. The second-order valence-corrected chi connectivity index (χ2v) is 13.7. The molecule has 2 aliphatic heterocycles. The van der Waals surface area contributed by atoms with Gasteiger partial charge in [0.15, 0.2) is 17.6 Å². The summed E-state index contributed by atoms with van der Waals surface area (Å²) in [6.07, 6.45) is 4.41. The van der Waals surface area contributed by atoms with Crippen molar-refractivity contribution in [2.45, 2.75) is 77.2 Å². The fourth-order valence-corrected chi connectivity index (χ4v) is 6.89. The number of fused-ring (bicyclic) bond motifs is 1. The van der Waals surface area contributed by atoms with Crippen LogP contribution in [0.4, 0.5) is 5.69 Å². The Hall–Kier alpha value is -4.85. The normalized spacial score (nSPS) is 16.2. The lowest BCUT2D eigenvalue weighted by atomic mass is 9.94. The van der Waals surface area contributed by atoms with Gasteiger partial charge in [-0.15, -0.1) is 0 Å². The highest BCUT2D eigenvalue weighted by Crippen LogP contribution is 2.37. The maximum absolute atomic E-state index is 12.6. The van der Waals surface area contributed by atoms with Gasteiger partial charge in [0, 0.05) is 28.3 Å². The standard InChI is InChI=1S/C41H46ClN3O9/c1-51-37-12-7-25(38-20-35(45-54-38)27-16-28(21-46)33(24-49)29(17-27)22-47)18-39(37)53-14-6-4-2-3-5-13-52-36-11-8-26(15-30(36)23-48)40-43-34-10-9-31(42)19-32(34)41(50)44-40/h7-12,15-19,38,40,43,46-49H,2-6,13-14,20-24H2,1H3,(H,44,50). The predicted molar refractivity (Wildman–Crippen MR) is 204 cm³/mol. The maximum Gasteiger partial charge on any atom is 0.255 e. The topological polar surface area (TPSA) is 171 Å². The quantitative estimate of drug-likeness (QED) is 0.0620. The highest BCUT2D eigenvalue weighted by molar-refractivity contribution is 6.31. The number of hydrogen-bond donors (Lipinski definition) is 6. The highest BCUT2D eigenvalue weighted by Gasteiger charge is 2.27. The molecule has 286 valence electrons. The molecule has 0 aromatic heterocycles. The van der Waals surface area contributed by atoms with E-state index in [9.17, 15) is 25.2 Å². The number of carbonyl (C=O) groups is 1. The first kappa shape index (κ1) is 38.9. The minimum Gasteiger partial charge on any atom is -0.493 e. The fourth-order valence-electron chi connectivity index (χ4n) is 6.72. The van der Waals surface area contributed by atoms with Gasteiger partial charge in [-0.2, -0.15) is 0 Å². The third-order valence-electron chi connectivity index (χ3n) is 9.69. The minimum atomic E-state index is -0.448. The van der Waals surface area contributed by atoms with E-state index in [2.05, 4.69) is 15.8 Å². The van der Waals surface area contributed by atoms with Gasteiger partial charge in [0.1, 0.15) is 11.9 Å².